The summed E-state index contributed by atoms with van der Waals surface area (Å²) in [6, 6.07) is 14.7. The number of aryl methyl sites for hydroxylation is 1. The topological polar surface area (TPSA) is 52.7 Å². The third-order valence-electron chi connectivity index (χ3n) is 4.95. The first-order valence-corrected chi connectivity index (χ1v) is 10.7. The Labute approximate surface area is 156 Å². The molecule has 0 aliphatic carbocycles. The lowest BCUT2D eigenvalue weighted by Gasteiger charge is -2.35. The number of nitrogens with zero attached hydrogens (tertiary/aromatic N) is 2. The van der Waals surface area contributed by atoms with E-state index in [1.54, 1.807) is 12.1 Å². The Hall–Kier alpha value is -2.05. The van der Waals surface area contributed by atoms with Gasteiger partial charge in [-0.05, 0) is 54.9 Å². The van der Waals surface area contributed by atoms with Gasteiger partial charge >= 0.3 is 0 Å². The fraction of sp³-hybridized carbons (Fsp3) is 0.400. The van der Waals surface area contributed by atoms with Crippen molar-refractivity contribution in [1.29, 1.82) is 0 Å². The van der Waals surface area contributed by atoms with Gasteiger partial charge < -0.3 is 9.80 Å². The number of anilines is 2. The lowest BCUT2D eigenvalue weighted by molar-refractivity contribution is 0.271. The Morgan fingerprint density at radius 1 is 0.885 bits per heavy atom. The minimum absolute atomic E-state index is 0.287. The smallest absolute Gasteiger partial charge is 0.261 e. The van der Waals surface area contributed by atoms with E-state index in [1.807, 2.05) is 43.3 Å². The van der Waals surface area contributed by atoms with E-state index in [-0.39, 0.29) is 4.90 Å². The second-order valence-electron chi connectivity index (χ2n) is 6.57. The third kappa shape index (κ3) is 4.37. The monoisotopic (exact) mass is 373 g/mol. The Morgan fingerprint density at radius 3 is 2.04 bits per heavy atom. The Kier molecular flexibility index (Phi) is 5.84. The number of nitrogens with one attached hydrogen (secondary N) is 1. The minimum atomic E-state index is -3.56. The van der Waals surface area contributed by atoms with Crippen LogP contribution < -0.4 is 9.62 Å². The zero-order valence-corrected chi connectivity index (χ0v) is 16.3. The molecule has 0 bridgehead atoms. The van der Waals surface area contributed by atoms with Crippen LogP contribution in [0.4, 0.5) is 11.4 Å². The highest BCUT2D eigenvalue weighted by Crippen LogP contribution is 2.22. The number of benzene rings is 2. The van der Waals surface area contributed by atoms with Gasteiger partial charge in [0.2, 0.25) is 0 Å². The fourth-order valence-electron chi connectivity index (χ4n) is 3.18. The molecule has 1 aliphatic heterocycles. The zero-order valence-electron chi connectivity index (χ0n) is 15.5. The maximum Gasteiger partial charge on any atom is 0.261 e. The van der Waals surface area contributed by atoms with Gasteiger partial charge in [0.05, 0.1) is 4.90 Å². The molecular formula is C20H27N3O2S. The first-order chi connectivity index (χ1) is 12.5. The largest absolute Gasteiger partial charge is 0.369 e. The highest BCUT2D eigenvalue weighted by molar-refractivity contribution is 7.92. The summed E-state index contributed by atoms with van der Waals surface area (Å²) in [6.07, 6.45) is 0.891. The van der Waals surface area contributed by atoms with Crippen LogP contribution in [0.25, 0.3) is 0 Å². The summed E-state index contributed by atoms with van der Waals surface area (Å²) in [5.41, 5.74) is 2.84. The SMILES string of the molecule is CCc1ccc(S(=O)(=O)Nc2ccc(N3CCN(CC)CC3)cc2)cc1. The second-order valence-corrected chi connectivity index (χ2v) is 8.25. The lowest BCUT2D eigenvalue weighted by atomic mass is 10.2. The van der Waals surface area contributed by atoms with E-state index in [2.05, 4.69) is 21.4 Å². The molecule has 2 aromatic rings. The number of sulfonamides is 1. The third-order valence-corrected chi connectivity index (χ3v) is 6.34. The van der Waals surface area contributed by atoms with Crippen LogP contribution in [-0.2, 0) is 16.4 Å². The molecule has 0 radical (unpaired) electrons. The van der Waals surface area contributed by atoms with Crippen molar-refractivity contribution in [2.24, 2.45) is 0 Å². The summed E-state index contributed by atoms with van der Waals surface area (Å²) in [4.78, 5) is 5.06. The van der Waals surface area contributed by atoms with Crippen LogP contribution in [-0.4, -0.2) is 46.0 Å². The van der Waals surface area contributed by atoms with Crippen molar-refractivity contribution >= 4 is 21.4 Å². The number of hydrogen-bond acceptors (Lipinski definition) is 4. The van der Waals surface area contributed by atoms with Crippen molar-refractivity contribution in [3.05, 3.63) is 54.1 Å². The average molecular weight is 374 g/mol. The van der Waals surface area contributed by atoms with Gasteiger partial charge in [-0.3, -0.25) is 4.72 Å². The lowest BCUT2D eigenvalue weighted by Crippen LogP contribution is -2.46. The van der Waals surface area contributed by atoms with Gasteiger partial charge in [-0.2, -0.15) is 0 Å². The first kappa shape index (κ1) is 18.7. The van der Waals surface area contributed by atoms with Gasteiger partial charge in [0.15, 0.2) is 0 Å². The number of hydrogen-bond donors (Lipinski definition) is 1. The van der Waals surface area contributed by atoms with Gasteiger partial charge in [-0.15, -0.1) is 0 Å². The normalized spacial score (nSPS) is 15.8. The van der Waals surface area contributed by atoms with Crippen LogP contribution in [0, 0.1) is 0 Å². The van der Waals surface area contributed by atoms with Crippen LogP contribution in [0.5, 0.6) is 0 Å². The molecule has 0 atom stereocenters. The Balaban J connectivity index is 1.66. The molecule has 5 nitrogen and oxygen atoms in total. The minimum Gasteiger partial charge on any atom is -0.369 e. The van der Waals surface area contributed by atoms with Crippen LogP contribution in [0.15, 0.2) is 53.4 Å². The molecule has 0 spiro atoms. The number of piperazine rings is 1. The van der Waals surface area contributed by atoms with Crippen molar-refractivity contribution in [3.63, 3.8) is 0 Å². The van der Waals surface area contributed by atoms with E-state index in [9.17, 15) is 8.42 Å². The van der Waals surface area contributed by atoms with Gasteiger partial charge in [-0.1, -0.05) is 26.0 Å². The molecule has 26 heavy (non-hydrogen) atoms. The van der Waals surface area contributed by atoms with Crippen LogP contribution in [0.3, 0.4) is 0 Å². The van der Waals surface area contributed by atoms with Gasteiger partial charge in [0.25, 0.3) is 10.0 Å². The van der Waals surface area contributed by atoms with E-state index in [0.717, 1.165) is 50.4 Å². The maximum atomic E-state index is 12.5. The summed E-state index contributed by atoms with van der Waals surface area (Å²) in [6.45, 7) is 9.47. The van der Waals surface area contributed by atoms with Crippen LogP contribution in [0.2, 0.25) is 0 Å². The highest BCUT2D eigenvalue weighted by atomic mass is 32.2. The molecule has 140 valence electrons. The van der Waals surface area contributed by atoms with Crippen molar-refractivity contribution in [1.82, 2.24) is 4.90 Å². The molecule has 0 aromatic heterocycles. The predicted octanol–water partition coefficient (Wildman–Crippen LogP) is 3.19. The van der Waals surface area contributed by atoms with Gasteiger partial charge in [0, 0.05) is 37.6 Å². The summed E-state index contributed by atoms with van der Waals surface area (Å²) >= 11 is 0. The molecule has 0 unspecified atom stereocenters. The Morgan fingerprint density at radius 2 is 1.50 bits per heavy atom. The first-order valence-electron chi connectivity index (χ1n) is 9.21. The van der Waals surface area contributed by atoms with E-state index in [0.29, 0.717) is 5.69 Å². The predicted molar refractivity (Wildman–Crippen MR) is 107 cm³/mol. The van der Waals surface area contributed by atoms with E-state index < -0.39 is 10.0 Å². The standard InChI is InChI=1S/C20H27N3O2S/c1-3-17-5-11-20(12-6-17)26(24,25)21-18-7-9-19(10-8-18)23-15-13-22(4-2)14-16-23/h5-12,21H,3-4,13-16H2,1-2H3. The molecule has 2 aromatic carbocycles. The van der Waals surface area contributed by atoms with Crippen molar-refractivity contribution in [3.8, 4) is 0 Å². The molecule has 1 fully saturated rings. The summed E-state index contributed by atoms with van der Waals surface area (Å²) < 4.78 is 27.7. The maximum absolute atomic E-state index is 12.5. The quantitative estimate of drug-likeness (QED) is 0.845. The number of likely N-dealkylation sites (N-methyl/N-ethyl adjacent to an activating group) is 1. The molecule has 0 amide bonds. The van der Waals surface area contributed by atoms with E-state index in [4.69, 9.17) is 0 Å². The summed E-state index contributed by atoms with van der Waals surface area (Å²) in [5.74, 6) is 0. The molecule has 1 aliphatic rings. The zero-order chi connectivity index (χ0) is 18.6. The molecule has 6 heteroatoms. The molecule has 0 saturated carbocycles. The molecule has 3 rings (SSSR count). The van der Waals surface area contributed by atoms with E-state index >= 15 is 0 Å². The van der Waals surface area contributed by atoms with Crippen molar-refractivity contribution in [2.45, 2.75) is 25.2 Å². The van der Waals surface area contributed by atoms with Crippen LogP contribution in [0.1, 0.15) is 19.4 Å². The molecule has 1 saturated heterocycles. The van der Waals surface area contributed by atoms with Gasteiger partial charge in [0.1, 0.15) is 0 Å². The second kappa shape index (κ2) is 8.10. The Bertz CT molecular complexity index is 809. The summed E-state index contributed by atoms with van der Waals surface area (Å²) in [7, 11) is -3.56. The molecule has 1 N–H and O–H groups in total. The van der Waals surface area contributed by atoms with E-state index in [1.165, 1.54) is 0 Å². The highest BCUT2D eigenvalue weighted by Gasteiger charge is 2.17. The average Bonchev–Trinajstić information content (AvgIpc) is 2.68. The fourth-order valence-corrected chi connectivity index (χ4v) is 4.24. The van der Waals surface area contributed by atoms with Crippen molar-refractivity contribution < 1.29 is 8.42 Å². The molecule has 1 heterocycles. The number of rotatable bonds is 6. The van der Waals surface area contributed by atoms with Gasteiger partial charge in [-0.25, -0.2) is 8.42 Å². The summed E-state index contributed by atoms with van der Waals surface area (Å²) in [5, 5.41) is 0. The molecular weight excluding hydrogens is 346 g/mol. The van der Waals surface area contributed by atoms with Crippen molar-refractivity contribution in [2.75, 3.05) is 42.3 Å². The van der Waals surface area contributed by atoms with Crippen LogP contribution >= 0.6 is 0 Å².